The van der Waals surface area contributed by atoms with Gasteiger partial charge in [0.05, 0.1) is 18.6 Å². The third kappa shape index (κ3) is 4.98. The molecule has 0 bridgehead atoms. The Morgan fingerprint density at radius 2 is 1.84 bits per heavy atom. The number of nitrogens with zero attached hydrogens (tertiary/aromatic N) is 3. The Labute approximate surface area is 175 Å². The monoisotopic (exact) mass is 461 g/mol. The van der Waals surface area contributed by atoms with Gasteiger partial charge in [-0.25, -0.2) is 0 Å². The predicted molar refractivity (Wildman–Crippen MR) is 95.2 cm³/mol. The lowest BCUT2D eigenvalue weighted by Gasteiger charge is -2.18. The number of alkyl halides is 6. The number of methoxy groups -OCH3 is 1. The largest absolute Gasteiger partial charge is 0.471 e. The molecule has 0 aliphatic rings. The van der Waals surface area contributed by atoms with Gasteiger partial charge in [-0.1, -0.05) is 23.4 Å². The molecular formula is C19H13F6N3O4. The number of hydrogen-bond acceptors (Lipinski definition) is 6. The van der Waals surface area contributed by atoms with E-state index in [2.05, 4.69) is 19.4 Å². The van der Waals surface area contributed by atoms with Crippen molar-refractivity contribution in [3.05, 3.63) is 70.0 Å². The summed E-state index contributed by atoms with van der Waals surface area (Å²) in [6.45, 7) is -0.382. The standard InChI is InChI=1S/C19H13F6N3O4/c1-31-16(30)13(10-3-2-4-12(7-10)18(20,21)22)9-28-6-5-11(8-14(28)29)15-26-17(32-27-15)19(23,24)25/h2-8,13H,9H2,1H3. The summed E-state index contributed by atoms with van der Waals surface area (Å²) >= 11 is 0. The fourth-order valence-electron chi connectivity index (χ4n) is 2.84. The summed E-state index contributed by atoms with van der Waals surface area (Å²) in [6, 6.07) is 6.12. The molecule has 0 saturated carbocycles. The SMILES string of the molecule is COC(=O)C(Cn1ccc(-c2noc(C(F)(F)F)n2)cc1=O)c1cccc(C(F)(F)F)c1. The highest BCUT2D eigenvalue weighted by Gasteiger charge is 2.38. The Bertz CT molecular complexity index is 1180. The highest BCUT2D eigenvalue weighted by molar-refractivity contribution is 5.78. The van der Waals surface area contributed by atoms with E-state index in [4.69, 9.17) is 0 Å². The average molecular weight is 461 g/mol. The van der Waals surface area contributed by atoms with Gasteiger partial charge >= 0.3 is 24.2 Å². The first-order valence-electron chi connectivity index (χ1n) is 8.77. The Morgan fingerprint density at radius 1 is 1.12 bits per heavy atom. The van der Waals surface area contributed by atoms with E-state index in [0.717, 1.165) is 42.1 Å². The predicted octanol–water partition coefficient (Wildman–Crippen LogP) is 3.89. The van der Waals surface area contributed by atoms with E-state index in [1.807, 2.05) is 0 Å². The van der Waals surface area contributed by atoms with Crippen LogP contribution in [0, 0.1) is 0 Å². The number of ether oxygens (including phenoxy) is 1. The van der Waals surface area contributed by atoms with Crippen LogP contribution in [-0.4, -0.2) is 27.8 Å². The molecule has 0 amide bonds. The number of carbonyl (C=O) groups excluding carboxylic acids is 1. The molecule has 13 heteroatoms. The zero-order valence-electron chi connectivity index (χ0n) is 16.1. The molecule has 32 heavy (non-hydrogen) atoms. The van der Waals surface area contributed by atoms with Gasteiger partial charge in [-0.15, -0.1) is 0 Å². The second-order valence-corrected chi connectivity index (χ2v) is 6.53. The zero-order chi connectivity index (χ0) is 23.7. The average Bonchev–Trinajstić information content (AvgIpc) is 3.23. The van der Waals surface area contributed by atoms with E-state index in [0.29, 0.717) is 0 Å². The molecule has 2 heterocycles. The van der Waals surface area contributed by atoms with Gasteiger partial charge in [0.2, 0.25) is 5.82 Å². The van der Waals surface area contributed by atoms with E-state index in [1.54, 1.807) is 0 Å². The molecule has 1 aromatic carbocycles. The number of benzene rings is 1. The summed E-state index contributed by atoms with van der Waals surface area (Å²) in [4.78, 5) is 27.8. The van der Waals surface area contributed by atoms with Crippen LogP contribution >= 0.6 is 0 Å². The normalized spacial score (nSPS) is 13.1. The van der Waals surface area contributed by atoms with Crippen LogP contribution in [0.4, 0.5) is 26.3 Å². The fourth-order valence-corrected chi connectivity index (χ4v) is 2.84. The summed E-state index contributed by atoms with van der Waals surface area (Å²) < 4.78 is 86.6. The van der Waals surface area contributed by atoms with Crippen molar-refractivity contribution in [1.82, 2.24) is 14.7 Å². The molecule has 3 aromatic rings. The number of hydrogen-bond donors (Lipinski definition) is 0. The van der Waals surface area contributed by atoms with E-state index in [-0.39, 0.29) is 17.7 Å². The number of halogens is 6. The lowest BCUT2D eigenvalue weighted by Crippen LogP contribution is -2.27. The number of esters is 1. The Hall–Kier alpha value is -3.64. The van der Waals surface area contributed by atoms with Crippen molar-refractivity contribution in [1.29, 1.82) is 0 Å². The summed E-state index contributed by atoms with van der Waals surface area (Å²) in [5.41, 5.74) is -1.86. The summed E-state index contributed by atoms with van der Waals surface area (Å²) in [5.74, 6) is -4.21. The van der Waals surface area contributed by atoms with E-state index < -0.39 is 47.1 Å². The zero-order valence-corrected chi connectivity index (χ0v) is 16.1. The van der Waals surface area contributed by atoms with Crippen LogP contribution < -0.4 is 5.56 Å². The van der Waals surface area contributed by atoms with Gasteiger partial charge in [0.1, 0.15) is 0 Å². The molecular weight excluding hydrogens is 448 g/mol. The lowest BCUT2D eigenvalue weighted by atomic mass is 9.96. The maximum absolute atomic E-state index is 13.0. The van der Waals surface area contributed by atoms with Gasteiger partial charge in [0.25, 0.3) is 5.56 Å². The second-order valence-electron chi connectivity index (χ2n) is 6.53. The molecule has 170 valence electrons. The van der Waals surface area contributed by atoms with Crippen LogP contribution in [-0.2, 0) is 28.4 Å². The van der Waals surface area contributed by atoms with Gasteiger partial charge in [0.15, 0.2) is 0 Å². The molecule has 0 spiro atoms. The van der Waals surface area contributed by atoms with Crippen molar-refractivity contribution in [2.24, 2.45) is 0 Å². The van der Waals surface area contributed by atoms with E-state index in [9.17, 15) is 35.9 Å². The van der Waals surface area contributed by atoms with E-state index in [1.165, 1.54) is 12.1 Å². The first kappa shape index (κ1) is 23.0. The van der Waals surface area contributed by atoms with Crippen LogP contribution in [0.3, 0.4) is 0 Å². The molecule has 7 nitrogen and oxygen atoms in total. The minimum absolute atomic E-state index is 0.0318. The molecule has 0 saturated heterocycles. The number of carbonyl (C=O) groups is 1. The minimum atomic E-state index is -4.86. The quantitative estimate of drug-likeness (QED) is 0.423. The molecule has 0 radical (unpaired) electrons. The molecule has 2 aromatic heterocycles. The Morgan fingerprint density at radius 3 is 2.41 bits per heavy atom. The van der Waals surface area contributed by atoms with Crippen LogP contribution in [0.15, 0.2) is 51.9 Å². The van der Waals surface area contributed by atoms with Gasteiger partial charge in [-0.2, -0.15) is 31.3 Å². The van der Waals surface area contributed by atoms with Crippen LogP contribution in [0.25, 0.3) is 11.4 Å². The summed E-state index contributed by atoms with van der Waals surface area (Å²) in [6.07, 6.45) is -8.36. The maximum Gasteiger partial charge on any atom is 0.471 e. The van der Waals surface area contributed by atoms with Crippen molar-refractivity contribution in [3.63, 3.8) is 0 Å². The smallest absolute Gasteiger partial charge is 0.468 e. The maximum atomic E-state index is 13.0. The van der Waals surface area contributed by atoms with Gasteiger partial charge in [-0.3, -0.25) is 9.59 Å². The van der Waals surface area contributed by atoms with Crippen LogP contribution in [0.5, 0.6) is 0 Å². The number of pyridine rings is 1. The van der Waals surface area contributed by atoms with Crippen LogP contribution in [0.2, 0.25) is 0 Å². The van der Waals surface area contributed by atoms with Crippen LogP contribution in [0.1, 0.15) is 22.9 Å². The summed E-state index contributed by atoms with van der Waals surface area (Å²) in [5, 5.41) is 3.17. The topological polar surface area (TPSA) is 87.2 Å². The molecule has 1 atom stereocenters. The van der Waals surface area contributed by atoms with Crippen molar-refractivity contribution >= 4 is 5.97 Å². The molecule has 0 N–H and O–H groups in total. The summed E-state index contributed by atoms with van der Waals surface area (Å²) in [7, 11) is 1.04. The van der Waals surface area contributed by atoms with Gasteiger partial charge in [-0.05, 0) is 17.7 Å². The number of aromatic nitrogens is 3. The third-order valence-electron chi connectivity index (χ3n) is 4.40. The third-order valence-corrected chi connectivity index (χ3v) is 4.40. The first-order valence-corrected chi connectivity index (χ1v) is 8.77. The highest BCUT2D eigenvalue weighted by atomic mass is 19.4. The van der Waals surface area contributed by atoms with Gasteiger partial charge < -0.3 is 13.8 Å². The minimum Gasteiger partial charge on any atom is -0.468 e. The van der Waals surface area contributed by atoms with Crippen molar-refractivity contribution in [2.75, 3.05) is 7.11 Å². The van der Waals surface area contributed by atoms with Gasteiger partial charge in [0, 0.05) is 24.4 Å². The molecule has 1 unspecified atom stereocenters. The molecule has 0 aliphatic carbocycles. The first-order chi connectivity index (χ1) is 14.9. The Balaban J connectivity index is 1.92. The van der Waals surface area contributed by atoms with Crippen molar-refractivity contribution in [2.45, 2.75) is 24.8 Å². The molecule has 3 rings (SSSR count). The fraction of sp³-hybridized carbons (Fsp3) is 0.263. The second kappa shape index (κ2) is 8.48. The van der Waals surface area contributed by atoms with E-state index >= 15 is 0 Å². The highest BCUT2D eigenvalue weighted by Crippen LogP contribution is 2.32. The lowest BCUT2D eigenvalue weighted by molar-refractivity contribution is -0.159. The Kier molecular flexibility index (Phi) is 6.10. The van der Waals surface area contributed by atoms with Crippen molar-refractivity contribution in [3.8, 4) is 11.4 Å². The number of rotatable bonds is 5. The van der Waals surface area contributed by atoms with Crippen molar-refractivity contribution < 1.29 is 40.4 Å². The molecule has 0 aliphatic heterocycles. The molecule has 0 fully saturated rings.